The molecule has 0 radical (unpaired) electrons. The van der Waals surface area contributed by atoms with E-state index in [-0.39, 0.29) is 17.9 Å². The van der Waals surface area contributed by atoms with Crippen molar-refractivity contribution in [3.63, 3.8) is 0 Å². The van der Waals surface area contributed by atoms with Crippen molar-refractivity contribution in [1.82, 2.24) is 9.21 Å². The average Bonchev–Trinajstić information content (AvgIpc) is 2.93. The van der Waals surface area contributed by atoms with E-state index in [1.54, 1.807) is 0 Å². The van der Waals surface area contributed by atoms with Crippen molar-refractivity contribution in [1.29, 1.82) is 0 Å². The molecule has 146 valence electrons. The van der Waals surface area contributed by atoms with Gasteiger partial charge >= 0.3 is 0 Å². The quantitative estimate of drug-likeness (QED) is 0.412. The zero-order chi connectivity index (χ0) is 19.8. The fourth-order valence-electron chi connectivity index (χ4n) is 3.27. The number of terminal acetylenes is 1. The van der Waals surface area contributed by atoms with Crippen LogP contribution in [0.15, 0.2) is 46.9 Å². The molecule has 0 spiro atoms. The molecular formula is C22H30N2O2S. The van der Waals surface area contributed by atoms with Gasteiger partial charge in [0.2, 0.25) is 0 Å². The summed E-state index contributed by atoms with van der Waals surface area (Å²) < 4.78 is 15.0. The molecule has 0 aromatic rings. The Morgan fingerprint density at radius 3 is 2.85 bits per heavy atom. The lowest BCUT2D eigenvalue weighted by Gasteiger charge is -2.39. The van der Waals surface area contributed by atoms with Crippen molar-refractivity contribution in [3.8, 4) is 12.3 Å². The van der Waals surface area contributed by atoms with Crippen LogP contribution in [-0.4, -0.2) is 45.0 Å². The van der Waals surface area contributed by atoms with Crippen LogP contribution in [0, 0.1) is 18.3 Å². The fourth-order valence-corrected chi connectivity index (χ4v) is 4.64. The highest BCUT2D eigenvalue weighted by Crippen LogP contribution is 2.23. The smallest absolute Gasteiger partial charge is 0.253 e. The molecule has 0 bridgehead atoms. The van der Waals surface area contributed by atoms with Gasteiger partial charge in [-0.3, -0.25) is 4.79 Å². The van der Waals surface area contributed by atoms with E-state index in [0.717, 1.165) is 24.2 Å². The van der Waals surface area contributed by atoms with E-state index in [1.807, 2.05) is 66.4 Å². The highest BCUT2D eigenvalue weighted by molar-refractivity contribution is 7.86. The van der Waals surface area contributed by atoms with Gasteiger partial charge < -0.3 is 4.90 Å². The largest absolute Gasteiger partial charge is 0.336 e. The molecule has 0 N–H and O–H groups in total. The molecule has 3 atom stereocenters. The highest BCUT2D eigenvalue weighted by Gasteiger charge is 2.31. The Labute approximate surface area is 166 Å². The third kappa shape index (κ3) is 5.54. The summed E-state index contributed by atoms with van der Waals surface area (Å²) in [5.41, 5.74) is 0.716. The van der Waals surface area contributed by atoms with E-state index in [2.05, 4.69) is 5.92 Å². The normalized spacial score (nSPS) is 25.8. The van der Waals surface area contributed by atoms with Crippen LogP contribution in [0.4, 0.5) is 0 Å². The molecule has 2 rings (SSSR count). The van der Waals surface area contributed by atoms with E-state index in [9.17, 15) is 9.00 Å². The molecule has 1 fully saturated rings. The second-order valence-electron chi connectivity index (χ2n) is 6.86. The predicted octanol–water partition coefficient (Wildman–Crippen LogP) is 3.58. The molecule has 4 nitrogen and oxygen atoms in total. The van der Waals surface area contributed by atoms with Gasteiger partial charge in [0.25, 0.3) is 5.91 Å². The summed E-state index contributed by atoms with van der Waals surface area (Å²) in [6, 6.07) is 0.0257. The van der Waals surface area contributed by atoms with Crippen molar-refractivity contribution in [2.75, 3.05) is 19.6 Å². The molecule has 1 saturated heterocycles. The van der Waals surface area contributed by atoms with Crippen LogP contribution in [0.3, 0.4) is 0 Å². The Morgan fingerprint density at radius 1 is 1.44 bits per heavy atom. The summed E-state index contributed by atoms with van der Waals surface area (Å²) in [6.45, 7) is 7.71. The number of carbonyl (C=O) groups is 1. The number of allylic oxidation sites excluding steroid dienone is 5. The standard InChI is InChI=1S/C22H30N2O2S/c1-5-8-11-20(7-3)22(25)23-15-16-24(18(4)17-23)27(26)21-12-9-10-19(6-2)13-14-21/h2,7-8,11-14,18-19H,5,9-10,15-17H2,1,3-4H3/b11-8-,20-7+. The minimum Gasteiger partial charge on any atom is -0.336 e. The third-order valence-electron chi connectivity index (χ3n) is 4.89. The van der Waals surface area contributed by atoms with Crippen molar-refractivity contribution in [2.24, 2.45) is 5.92 Å². The molecule has 1 heterocycles. The van der Waals surface area contributed by atoms with Crippen LogP contribution < -0.4 is 0 Å². The molecule has 0 aromatic heterocycles. The summed E-state index contributed by atoms with van der Waals surface area (Å²) in [5.74, 6) is 2.91. The lowest BCUT2D eigenvalue weighted by molar-refractivity contribution is -0.128. The first-order valence-corrected chi connectivity index (χ1v) is 10.8. The Hall–Kier alpha value is -1.90. The first-order valence-electron chi connectivity index (χ1n) is 9.66. The average molecular weight is 387 g/mol. The number of hydrogen-bond acceptors (Lipinski definition) is 2. The van der Waals surface area contributed by atoms with E-state index >= 15 is 0 Å². The zero-order valence-electron chi connectivity index (χ0n) is 16.6. The SMILES string of the molecule is C#CC1C=CC(S(=O)N2CCN(C(=O)C(/C=C\CC)=C/C)CC2C)=CCC1. The van der Waals surface area contributed by atoms with Crippen LogP contribution in [0.5, 0.6) is 0 Å². The van der Waals surface area contributed by atoms with Crippen molar-refractivity contribution in [3.05, 3.63) is 46.9 Å². The molecule has 1 amide bonds. The van der Waals surface area contributed by atoms with E-state index in [1.165, 1.54) is 0 Å². The van der Waals surface area contributed by atoms with Gasteiger partial charge in [-0.1, -0.05) is 43.2 Å². The monoisotopic (exact) mass is 386 g/mol. The van der Waals surface area contributed by atoms with Gasteiger partial charge in [0.1, 0.15) is 11.0 Å². The number of rotatable bonds is 5. The van der Waals surface area contributed by atoms with E-state index in [4.69, 9.17) is 6.42 Å². The molecule has 5 heteroatoms. The zero-order valence-corrected chi connectivity index (χ0v) is 17.4. The van der Waals surface area contributed by atoms with Gasteiger partial charge in [-0.25, -0.2) is 8.51 Å². The number of hydrogen-bond donors (Lipinski definition) is 0. The molecule has 2 aliphatic rings. The van der Waals surface area contributed by atoms with Crippen molar-refractivity contribution < 1.29 is 9.00 Å². The van der Waals surface area contributed by atoms with Gasteiger partial charge in [-0.15, -0.1) is 6.42 Å². The molecule has 1 aliphatic heterocycles. The van der Waals surface area contributed by atoms with Gasteiger partial charge in [0.05, 0.1) is 4.91 Å². The fraction of sp³-hybridized carbons (Fsp3) is 0.500. The lowest BCUT2D eigenvalue weighted by Crippen LogP contribution is -2.54. The highest BCUT2D eigenvalue weighted by atomic mass is 32.2. The maximum Gasteiger partial charge on any atom is 0.253 e. The van der Waals surface area contributed by atoms with E-state index in [0.29, 0.717) is 25.2 Å². The van der Waals surface area contributed by atoms with Gasteiger partial charge in [-0.2, -0.15) is 0 Å². The van der Waals surface area contributed by atoms with Crippen LogP contribution >= 0.6 is 0 Å². The first-order chi connectivity index (χ1) is 13.0. The maximum absolute atomic E-state index is 13.1. The minimum absolute atomic E-state index is 0.0257. The molecule has 1 aliphatic carbocycles. The molecule has 0 aromatic carbocycles. The van der Waals surface area contributed by atoms with Crippen LogP contribution in [0.1, 0.15) is 40.0 Å². The first kappa shape index (κ1) is 21.4. The maximum atomic E-state index is 13.1. The Balaban J connectivity index is 2.03. The summed E-state index contributed by atoms with van der Waals surface area (Å²) in [6.07, 6.45) is 19.8. The van der Waals surface area contributed by atoms with E-state index < -0.39 is 11.0 Å². The molecule has 0 saturated carbocycles. The summed E-state index contributed by atoms with van der Waals surface area (Å²) in [5, 5.41) is 0. The number of piperazine rings is 1. The number of amides is 1. The van der Waals surface area contributed by atoms with Crippen molar-refractivity contribution >= 4 is 16.9 Å². The molecule has 3 unspecified atom stereocenters. The second kappa shape index (κ2) is 10.4. The Morgan fingerprint density at radius 2 is 2.22 bits per heavy atom. The lowest BCUT2D eigenvalue weighted by atomic mass is 10.1. The van der Waals surface area contributed by atoms with Gasteiger partial charge in [0.15, 0.2) is 0 Å². The summed E-state index contributed by atoms with van der Waals surface area (Å²) >= 11 is 0. The van der Waals surface area contributed by atoms with Gasteiger partial charge in [-0.05, 0) is 39.2 Å². The third-order valence-corrected chi connectivity index (χ3v) is 6.56. The molecule has 27 heavy (non-hydrogen) atoms. The predicted molar refractivity (Wildman–Crippen MR) is 113 cm³/mol. The van der Waals surface area contributed by atoms with Crippen LogP contribution in [-0.2, 0) is 15.8 Å². The minimum atomic E-state index is -1.22. The van der Waals surface area contributed by atoms with Crippen molar-refractivity contribution in [2.45, 2.75) is 46.1 Å². The summed E-state index contributed by atoms with van der Waals surface area (Å²) in [4.78, 5) is 15.4. The van der Waals surface area contributed by atoms with Crippen LogP contribution in [0.25, 0.3) is 0 Å². The topological polar surface area (TPSA) is 40.6 Å². The van der Waals surface area contributed by atoms with Gasteiger partial charge in [0, 0.05) is 37.2 Å². The number of carbonyl (C=O) groups excluding carboxylic acids is 1. The second-order valence-corrected chi connectivity index (χ2v) is 8.30. The Bertz CT molecular complexity index is 727. The molecular weight excluding hydrogens is 356 g/mol. The Kier molecular flexibility index (Phi) is 8.27. The summed E-state index contributed by atoms with van der Waals surface area (Å²) in [7, 11) is -1.22. The number of nitrogens with zero attached hydrogens (tertiary/aromatic N) is 2. The van der Waals surface area contributed by atoms with Crippen LogP contribution in [0.2, 0.25) is 0 Å².